The fourth-order valence-electron chi connectivity index (χ4n) is 4.55. The molecular formula is C36H39N3O9S. The van der Waals surface area contributed by atoms with Gasteiger partial charge in [-0.2, -0.15) is 0 Å². The van der Waals surface area contributed by atoms with Gasteiger partial charge < -0.3 is 29.6 Å². The second kappa shape index (κ2) is 16.7. The SMILES string of the molecule is CCOc1ccc(NC(=O)COc2ccc(C(=O)OCC(=O)NCCN3C(=O)S/C(=C/c4ccc(C(C)(C)C)cc4)C3=O)cc2OC)cc1. The van der Waals surface area contributed by atoms with Crippen LogP contribution in [0.25, 0.3) is 6.08 Å². The van der Waals surface area contributed by atoms with Gasteiger partial charge in [-0.25, -0.2) is 4.79 Å². The maximum Gasteiger partial charge on any atom is 0.338 e. The fourth-order valence-corrected chi connectivity index (χ4v) is 5.42. The van der Waals surface area contributed by atoms with E-state index in [-0.39, 0.29) is 42.2 Å². The van der Waals surface area contributed by atoms with Crippen molar-refractivity contribution >= 4 is 52.5 Å². The summed E-state index contributed by atoms with van der Waals surface area (Å²) >= 11 is 0.841. The summed E-state index contributed by atoms with van der Waals surface area (Å²) in [7, 11) is 1.38. The van der Waals surface area contributed by atoms with E-state index in [0.717, 1.165) is 27.8 Å². The summed E-state index contributed by atoms with van der Waals surface area (Å²) in [5, 5.41) is 4.83. The van der Waals surface area contributed by atoms with Gasteiger partial charge in [0.15, 0.2) is 24.7 Å². The Hall–Kier alpha value is -5.30. The molecule has 1 fully saturated rings. The Balaban J connectivity index is 1.20. The molecule has 0 unspecified atom stereocenters. The van der Waals surface area contributed by atoms with Gasteiger partial charge in [-0.1, -0.05) is 45.0 Å². The first kappa shape index (κ1) is 36.5. The van der Waals surface area contributed by atoms with Gasteiger partial charge in [0.1, 0.15) is 5.75 Å². The Labute approximate surface area is 289 Å². The van der Waals surface area contributed by atoms with Crippen LogP contribution in [0.5, 0.6) is 17.2 Å². The molecule has 4 amide bonds. The third-order valence-electron chi connectivity index (χ3n) is 7.15. The van der Waals surface area contributed by atoms with E-state index in [2.05, 4.69) is 31.4 Å². The average molecular weight is 690 g/mol. The normalized spacial score (nSPS) is 13.7. The van der Waals surface area contributed by atoms with Crippen molar-refractivity contribution in [3.05, 3.63) is 88.3 Å². The number of nitrogens with zero attached hydrogens (tertiary/aromatic N) is 1. The number of carbonyl (C=O) groups excluding carboxylic acids is 5. The van der Waals surface area contributed by atoms with Crippen LogP contribution >= 0.6 is 11.8 Å². The van der Waals surface area contributed by atoms with Crippen LogP contribution in [0.15, 0.2) is 71.6 Å². The molecule has 0 radical (unpaired) electrons. The Kier molecular flexibility index (Phi) is 12.4. The van der Waals surface area contributed by atoms with Crippen LogP contribution in [-0.2, 0) is 24.5 Å². The summed E-state index contributed by atoms with van der Waals surface area (Å²) in [5.41, 5.74) is 2.62. The molecule has 4 rings (SSSR count). The molecule has 1 saturated heterocycles. The van der Waals surface area contributed by atoms with E-state index in [0.29, 0.717) is 22.9 Å². The van der Waals surface area contributed by atoms with E-state index in [1.54, 1.807) is 30.3 Å². The first-order valence-corrected chi connectivity index (χ1v) is 16.3. The monoisotopic (exact) mass is 689 g/mol. The van der Waals surface area contributed by atoms with E-state index < -0.39 is 35.5 Å². The third-order valence-corrected chi connectivity index (χ3v) is 8.05. The summed E-state index contributed by atoms with van der Waals surface area (Å²) in [4.78, 5) is 64.0. The van der Waals surface area contributed by atoms with Crippen molar-refractivity contribution in [2.24, 2.45) is 0 Å². The van der Waals surface area contributed by atoms with E-state index in [9.17, 15) is 24.0 Å². The number of hydrogen-bond donors (Lipinski definition) is 2. The highest BCUT2D eigenvalue weighted by Gasteiger charge is 2.34. The minimum absolute atomic E-state index is 0.00489. The van der Waals surface area contributed by atoms with Crippen LogP contribution in [0.1, 0.15) is 49.2 Å². The molecule has 3 aromatic rings. The molecule has 13 heteroatoms. The van der Waals surface area contributed by atoms with Crippen molar-refractivity contribution in [2.45, 2.75) is 33.1 Å². The number of thioether (sulfide) groups is 1. The number of hydrogen-bond acceptors (Lipinski definition) is 10. The van der Waals surface area contributed by atoms with Gasteiger partial charge in [-0.3, -0.25) is 24.1 Å². The number of esters is 1. The minimum atomic E-state index is -0.792. The van der Waals surface area contributed by atoms with Crippen LogP contribution in [0.2, 0.25) is 0 Å². The zero-order valence-corrected chi connectivity index (χ0v) is 28.8. The van der Waals surface area contributed by atoms with E-state index in [4.69, 9.17) is 18.9 Å². The molecule has 0 atom stereocenters. The van der Waals surface area contributed by atoms with E-state index >= 15 is 0 Å². The molecular weight excluding hydrogens is 650 g/mol. The molecule has 0 spiro atoms. The highest BCUT2D eigenvalue weighted by Crippen LogP contribution is 2.32. The molecule has 1 heterocycles. The standard InChI is InChI=1S/C36H39N3O9S/c1-6-46-27-14-12-26(13-15-27)38-32(41)22-47-28-16-9-24(20-29(28)45-5)34(43)48-21-31(40)37-17-18-39-33(42)30(49-35(39)44)19-23-7-10-25(11-8-23)36(2,3)4/h7-16,19-20H,6,17-18,21-22H2,1-5H3,(H,37,40)(H,38,41)/b30-19+. The number of methoxy groups -OCH3 is 1. The highest BCUT2D eigenvalue weighted by atomic mass is 32.2. The Morgan fingerprint density at radius 2 is 1.59 bits per heavy atom. The average Bonchev–Trinajstić information content (AvgIpc) is 3.34. The number of nitrogens with one attached hydrogen (secondary N) is 2. The number of anilines is 1. The second-order valence-corrected chi connectivity index (χ2v) is 12.8. The lowest BCUT2D eigenvalue weighted by Crippen LogP contribution is -2.38. The largest absolute Gasteiger partial charge is 0.494 e. The molecule has 1 aliphatic heterocycles. The minimum Gasteiger partial charge on any atom is -0.494 e. The number of benzene rings is 3. The van der Waals surface area contributed by atoms with Crippen LogP contribution in [-0.4, -0.2) is 73.8 Å². The number of carbonyl (C=O) groups is 5. The molecule has 258 valence electrons. The molecule has 0 bridgehead atoms. The summed E-state index contributed by atoms with van der Waals surface area (Å²) in [5.74, 6) is -1.16. The van der Waals surface area contributed by atoms with Gasteiger partial charge >= 0.3 is 5.97 Å². The number of rotatable bonds is 14. The summed E-state index contributed by atoms with van der Waals surface area (Å²) in [6.45, 7) is 7.79. The first-order valence-electron chi connectivity index (χ1n) is 15.5. The smallest absolute Gasteiger partial charge is 0.338 e. The lowest BCUT2D eigenvalue weighted by molar-refractivity contribution is -0.125. The van der Waals surface area contributed by atoms with Gasteiger partial charge in [-0.05, 0) is 83.8 Å². The van der Waals surface area contributed by atoms with E-state index in [1.165, 1.54) is 25.3 Å². The zero-order valence-electron chi connectivity index (χ0n) is 28.0. The van der Waals surface area contributed by atoms with Crippen molar-refractivity contribution in [1.82, 2.24) is 10.2 Å². The van der Waals surface area contributed by atoms with E-state index in [1.807, 2.05) is 31.2 Å². The van der Waals surface area contributed by atoms with Crippen molar-refractivity contribution in [3.63, 3.8) is 0 Å². The molecule has 2 N–H and O–H groups in total. The predicted molar refractivity (Wildman–Crippen MR) is 186 cm³/mol. The molecule has 12 nitrogen and oxygen atoms in total. The molecule has 49 heavy (non-hydrogen) atoms. The van der Waals surface area contributed by atoms with Gasteiger partial charge in [0.25, 0.3) is 23.0 Å². The predicted octanol–water partition coefficient (Wildman–Crippen LogP) is 5.42. The summed E-state index contributed by atoms with van der Waals surface area (Å²) < 4.78 is 21.4. The molecule has 0 aliphatic carbocycles. The highest BCUT2D eigenvalue weighted by molar-refractivity contribution is 8.18. The first-order chi connectivity index (χ1) is 23.4. The second-order valence-electron chi connectivity index (χ2n) is 11.8. The van der Waals surface area contributed by atoms with Crippen LogP contribution in [0, 0.1) is 0 Å². The van der Waals surface area contributed by atoms with Gasteiger partial charge in [-0.15, -0.1) is 0 Å². The van der Waals surface area contributed by atoms with Crippen LogP contribution < -0.4 is 24.8 Å². The maximum atomic E-state index is 12.8. The van der Waals surface area contributed by atoms with Crippen LogP contribution in [0.4, 0.5) is 10.5 Å². The van der Waals surface area contributed by atoms with Gasteiger partial charge in [0.05, 0.1) is 24.2 Å². The van der Waals surface area contributed by atoms with Crippen molar-refractivity contribution < 1.29 is 42.9 Å². The molecule has 0 saturated carbocycles. The Morgan fingerprint density at radius 3 is 2.24 bits per heavy atom. The third kappa shape index (κ3) is 10.3. The van der Waals surface area contributed by atoms with Crippen molar-refractivity contribution in [2.75, 3.05) is 45.3 Å². The zero-order chi connectivity index (χ0) is 35.6. The van der Waals surface area contributed by atoms with Crippen LogP contribution in [0.3, 0.4) is 0 Å². The van der Waals surface area contributed by atoms with Gasteiger partial charge in [0.2, 0.25) is 0 Å². The summed E-state index contributed by atoms with van der Waals surface area (Å²) in [6, 6.07) is 18.9. The number of amides is 4. The number of imide groups is 1. The quantitative estimate of drug-likeness (QED) is 0.166. The molecule has 0 aromatic heterocycles. The lowest BCUT2D eigenvalue weighted by Gasteiger charge is -2.18. The van der Waals surface area contributed by atoms with Gasteiger partial charge in [0, 0.05) is 18.8 Å². The molecule has 3 aromatic carbocycles. The lowest BCUT2D eigenvalue weighted by atomic mass is 9.87. The maximum absolute atomic E-state index is 12.8. The fraction of sp³-hybridized carbons (Fsp3) is 0.306. The van der Waals surface area contributed by atoms with Crippen molar-refractivity contribution in [3.8, 4) is 17.2 Å². The number of ether oxygens (including phenoxy) is 4. The molecule has 1 aliphatic rings. The Bertz CT molecular complexity index is 1710. The topological polar surface area (TPSA) is 150 Å². The summed E-state index contributed by atoms with van der Waals surface area (Å²) in [6.07, 6.45) is 1.67. The van der Waals surface area contributed by atoms with Crippen molar-refractivity contribution in [1.29, 1.82) is 0 Å². The Morgan fingerprint density at radius 1 is 0.878 bits per heavy atom.